The van der Waals surface area contributed by atoms with E-state index in [1.54, 1.807) is 42.7 Å². The largest absolute Gasteiger partial charge is 0.352 e. The van der Waals surface area contributed by atoms with Crippen molar-refractivity contribution in [3.8, 4) is 6.07 Å². The number of amides is 2. The molecule has 1 heterocycles. The minimum absolute atomic E-state index is 0.306. The summed E-state index contributed by atoms with van der Waals surface area (Å²) in [6.45, 7) is 0.314. The third-order valence-corrected chi connectivity index (χ3v) is 2.86. The lowest BCUT2D eigenvalue weighted by molar-refractivity contribution is -0.126. The van der Waals surface area contributed by atoms with Gasteiger partial charge in [0.1, 0.15) is 12.5 Å². The van der Waals surface area contributed by atoms with E-state index in [2.05, 4.69) is 15.6 Å². The van der Waals surface area contributed by atoms with E-state index in [1.165, 1.54) is 0 Å². The summed E-state index contributed by atoms with van der Waals surface area (Å²) < 4.78 is 0. The molecule has 0 saturated heterocycles. The first kappa shape index (κ1) is 15.2. The number of benzene rings is 1. The molecule has 0 aliphatic carbocycles. The molecule has 0 radical (unpaired) electrons. The normalized spacial score (nSPS) is 9.59. The van der Waals surface area contributed by atoms with Gasteiger partial charge in [0.25, 0.3) is 0 Å². The summed E-state index contributed by atoms with van der Waals surface area (Å²) in [4.78, 5) is 27.5. The molecule has 0 atom stereocenters. The number of nitriles is 1. The Hall–Kier alpha value is -3.20. The SMILES string of the molecule is N#Cc1ccccc1NC(=O)CC(=O)NCc1cccnc1. The second-order valence-electron chi connectivity index (χ2n) is 4.52. The second-order valence-corrected chi connectivity index (χ2v) is 4.52. The van der Waals surface area contributed by atoms with Gasteiger partial charge in [0, 0.05) is 18.9 Å². The zero-order valence-corrected chi connectivity index (χ0v) is 11.7. The van der Waals surface area contributed by atoms with E-state index in [4.69, 9.17) is 5.26 Å². The zero-order chi connectivity index (χ0) is 15.8. The van der Waals surface area contributed by atoms with Gasteiger partial charge in [0.2, 0.25) is 11.8 Å². The Labute approximate surface area is 127 Å². The zero-order valence-electron chi connectivity index (χ0n) is 11.7. The molecule has 0 bridgehead atoms. The summed E-state index contributed by atoms with van der Waals surface area (Å²) in [6, 6.07) is 12.2. The molecule has 0 saturated carbocycles. The smallest absolute Gasteiger partial charge is 0.233 e. The molecule has 1 aromatic carbocycles. The minimum Gasteiger partial charge on any atom is -0.352 e. The Balaban J connectivity index is 1.84. The van der Waals surface area contributed by atoms with Gasteiger partial charge in [0.05, 0.1) is 11.3 Å². The number of para-hydroxylation sites is 1. The molecule has 0 unspecified atom stereocenters. The average Bonchev–Trinajstić information content (AvgIpc) is 2.54. The quantitative estimate of drug-likeness (QED) is 0.819. The summed E-state index contributed by atoms with van der Waals surface area (Å²) in [6.07, 6.45) is 2.98. The monoisotopic (exact) mass is 294 g/mol. The van der Waals surface area contributed by atoms with Crippen LogP contribution in [0.3, 0.4) is 0 Å². The highest BCUT2D eigenvalue weighted by Crippen LogP contribution is 2.13. The number of nitrogens with one attached hydrogen (secondary N) is 2. The lowest BCUT2D eigenvalue weighted by Gasteiger charge is -2.07. The molecule has 0 aliphatic rings. The predicted octanol–water partition coefficient (Wildman–Crippen LogP) is 1.60. The summed E-state index contributed by atoms with van der Waals surface area (Å²) in [7, 11) is 0. The van der Waals surface area contributed by atoms with Crippen LogP contribution in [0.5, 0.6) is 0 Å². The first-order chi connectivity index (χ1) is 10.7. The molecule has 2 rings (SSSR count). The van der Waals surface area contributed by atoms with Crippen LogP contribution in [0.4, 0.5) is 5.69 Å². The number of rotatable bonds is 5. The Morgan fingerprint density at radius 3 is 2.68 bits per heavy atom. The molecule has 22 heavy (non-hydrogen) atoms. The van der Waals surface area contributed by atoms with Gasteiger partial charge in [-0.3, -0.25) is 14.6 Å². The standard InChI is InChI=1S/C16H14N4O2/c17-9-13-5-1-2-6-14(13)20-16(22)8-15(21)19-11-12-4-3-7-18-10-12/h1-7,10H,8,11H2,(H,19,21)(H,20,22). The first-order valence-electron chi connectivity index (χ1n) is 6.63. The van der Waals surface area contributed by atoms with Crippen molar-refractivity contribution >= 4 is 17.5 Å². The Morgan fingerprint density at radius 2 is 1.95 bits per heavy atom. The molecule has 0 spiro atoms. The van der Waals surface area contributed by atoms with Gasteiger partial charge in [0.15, 0.2) is 0 Å². The Kier molecular flexibility index (Phi) is 5.21. The van der Waals surface area contributed by atoms with Crippen molar-refractivity contribution in [1.29, 1.82) is 5.26 Å². The molecule has 1 aromatic heterocycles. The Bertz CT molecular complexity index is 708. The highest BCUT2D eigenvalue weighted by Gasteiger charge is 2.11. The fraction of sp³-hybridized carbons (Fsp3) is 0.125. The number of aromatic nitrogens is 1. The van der Waals surface area contributed by atoms with Crippen LogP contribution in [-0.2, 0) is 16.1 Å². The molecule has 6 nitrogen and oxygen atoms in total. The van der Waals surface area contributed by atoms with Crippen molar-refractivity contribution in [2.45, 2.75) is 13.0 Å². The highest BCUT2D eigenvalue weighted by molar-refractivity contribution is 6.04. The van der Waals surface area contributed by atoms with Crippen LogP contribution in [0.25, 0.3) is 0 Å². The molecule has 0 aliphatic heterocycles. The number of hydrogen-bond donors (Lipinski definition) is 2. The van der Waals surface area contributed by atoms with Crippen LogP contribution >= 0.6 is 0 Å². The minimum atomic E-state index is -0.466. The van der Waals surface area contributed by atoms with Crippen molar-refractivity contribution in [2.75, 3.05) is 5.32 Å². The lowest BCUT2D eigenvalue weighted by atomic mass is 10.2. The van der Waals surface area contributed by atoms with Crippen LogP contribution in [0, 0.1) is 11.3 Å². The molecule has 6 heteroatoms. The summed E-state index contributed by atoms with van der Waals surface area (Å²) in [5.74, 6) is -0.859. The maximum absolute atomic E-state index is 11.8. The molecule has 2 aromatic rings. The number of pyridine rings is 1. The molecule has 2 N–H and O–H groups in total. The number of anilines is 1. The number of carbonyl (C=O) groups excluding carboxylic acids is 2. The summed E-state index contributed by atoms with van der Waals surface area (Å²) in [5.41, 5.74) is 1.60. The summed E-state index contributed by atoms with van der Waals surface area (Å²) >= 11 is 0. The third-order valence-electron chi connectivity index (χ3n) is 2.86. The molecular weight excluding hydrogens is 280 g/mol. The lowest BCUT2D eigenvalue weighted by Crippen LogP contribution is -2.27. The number of nitrogens with zero attached hydrogens (tertiary/aromatic N) is 2. The average molecular weight is 294 g/mol. The van der Waals surface area contributed by atoms with E-state index >= 15 is 0 Å². The van der Waals surface area contributed by atoms with Crippen LogP contribution in [0.1, 0.15) is 17.5 Å². The van der Waals surface area contributed by atoms with Gasteiger partial charge < -0.3 is 10.6 Å². The van der Waals surface area contributed by atoms with Crippen LogP contribution in [0.2, 0.25) is 0 Å². The maximum Gasteiger partial charge on any atom is 0.233 e. The van der Waals surface area contributed by atoms with Crippen molar-refractivity contribution in [1.82, 2.24) is 10.3 Å². The van der Waals surface area contributed by atoms with Gasteiger partial charge in [-0.2, -0.15) is 5.26 Å². The highest BCUT2D eigenvalue weighted by atomic mass is 16.2. The van der Waals surface area contributed by atoms with Crippen LogP contribution < -0.4 is 10.6 Å². The number of carbonyl (C=O) groups is 2. The van der Waals surface area contributed by atoms with E-state index in [9.17, 15) is 9.59 Å². The summed E-state index contributed by atoms with van der Waals surface area (Å²) in [5, 5.41) is 14.1. The third kappa shape index (κ3) is 4.42. The molecule has 2 amide bonds. The van der Waals surface area contributed by atoms with Crippen LogP contribution in [-0.4, -0.2) is 16.8 Å². The van der Waals surface area contributed by atoms with Gasteiger partial charge in [-0.15, -0.1) is 0 Å². The van der Waals surface area contributed by atoms with Crippen molar-refractivity contribution in [3.05, 3.63) is 59.9 Å². The van der Waals surface area contributed by atoms with E-state index in [0.717, 1.165) is 5.56 Å². The molecular formula is C16H14N4O2. The number of hydrogen-bond acceptors (Lipinski definition) is 4. The van der Waals surface area contributed by atoms with Gasteiger partial charge in [-0.25, -0.2) is 0 Å². The van der Waals surface area contributed by atoms with Gasteiger partial charge in [-0.1, -0.05) is 18.2 Å². The first-order valence-corrected chi connectivity index (χ1v) is 6.63. The predicted molar refractivity (Wildman–Crippen MR) is 80.5 cm³/mol. The fourth-order valence-electron chi connectivity index (χ4n) is 1.80. The van der Waals surface area contributed by atoms with Crippen LogP contribution in [0.15, 0.2) is 48.8 Å². The topological polar surface area (TPSA) is 94.9 Å². The Morgan fingerprint density at radius 1 is 1.14 bits per heavy atom. The van der Waals surface area contributed by atoms with Crippen molar-refractivity contribution < 1.29 is 9.59 Å². The van der Waals surface area contributed by atoms with Gasteiger partial charge >= 0.3 is 0 Å². The molecule has 0 fully saturated rings. The van der Waals surface area contributed by atoms with E-state index in [1.807, 2.05) is 12.1 Å². The van der Waals surface area contributed by atoms with E-state index in [-0.39, 0.29) is 6.42 Å². The van der Waals surface area contributed by atoms with Crippen molar-refractivity contribution in [3.63, 3.8) is 0 Å². The second kappa shape index (κ2) is 7.55. The van der Waals surface area contributed by atoms with E-state index in [0.29, 0.717) is 17.8 Å². The fourth-order valence-corrected chi connectivity index (χ4v) is 1.80. The van der Waals surface area contributed by atoms with E-state index < -0.39 is 11.8 Å². The maximum atomic E-state index is 11.8. The van der Waals surface area contributed by atoms with Gasteiger partial charge in [-0.05, 0) is 23.8 Å². The molecule has 110 valence electrons. The van der Waals surface area contributed by atoms with Crippen molar-refractivity contribution in [2.24, 2.45) is 0 Å².